The minimum absolute atomic E-state index is 0.178. The molecule has 82 valence electrons. The van der Waals surface area contributed by atoms with E-state index in [2.05, 4.69) is 18.2 Å². The Kier molecular flexibility index (Phi) is 2.11. The van der Waals surface area contributed by atoms with Gasteiger partial charge in [0.15, 0.2) is 0 Å². The van der Waals surface area contributed by atoms with Crippen LogP contribution >= 0.6 is 11.8 Å². The predicted octanol–water partition coefficient (Wildman–Crippen LogP) is 2.72. The van der Waals surface area contributed by atoms with Crippen LogP contribution in [0.25, 0.3) is 10.9 Å². The van der Waals surface area contributed by atoms with Crippen molar-refractivity contribution in [3.05, 3.63) is 39.7 Å². The molecule has 0 amide bonds. The molecule has 2 aromatic rings. The van der Waals surface area contributed by atoms with E-state index in [9.17, 15) is 4.79 Å². The van der Waals surface area contributed by atoms with Crippen molar-refractivity contribution >= 4 is 22.7 Å². The molecule has 0 saturated heterocycles. The van der Waals surface area contributed by atoms with Gasteiger partial charge < -0.3 is 4.57 Å². The molecule has 0 spiro atoms. The van der Waals surface area contributed by atoms with Gasteiger partial charge in [-0.3, -0.25) is 4.79 Å². The van der Waals surface area contributed by atoms with Gasteiger partial charge in [0, 0.05) is 28.1 Å². The van der Waals surface area contributed by atoms with Crippen molar-refractivity contribution in [2.75, 3.05) is 5.75 Å². The molecule has 1 aliphatic heterocycles. The van der Waals surface area contributed by atoms with Crippen molar-refractivity contribution in [2.45, 2.75) is 25.3 Å². The lowest BCUT2D eigenvalue weighted by atomic mass is 10.1. The molecular formula is C13H13NOS. The molecule has 0 unspecified atom stereocenters. The molecule has 0 aliphatic carbocycles. The normalized spacial score (nSPS) is 14.4. The molecule has 1 aliphatic rings. The molecule has 0 atom stereocenters. The van der Waals surface area contributed by atoms with E-state index in [1.165, 1.54) is 10.3 Å². The second-order valence-corrected chi connectivity index (χ2v) is 5.34. The van der Waals surface area contributed by atoms with Gasteiger partial charge in [0.1, 0.15) is 0 Å². The van der Waals surface area contributed by atoms with Crippen molar-refractivity contribution < 1.29 is 0 Å². The number of hydrogen-bond donors (Lipinski definition) is 0. The number of aryl methyl sites for hydroxylation is 2. The predicted molar refractivity (Wildman–Crippen MR) is 68.4 cm³/mol. The van der Waals surface area contributed by atoms with Crippen LogP contribution in [0.5, 0.6) is 0 Å². The van der Waals surface area contributed by atoms with E-state index in [1.54, 1.807) is 0 Å². The zero-order valence-electron chi connectivity index (χ0n) is 9.41. The Labute approximate surface area is 98.3 Å². The molecule has 3 heteroatoms. The fourth-order valence-electron chi connectivity index (χ4n) is 2.35. The van der Waals surface area contributed by atoms with E-state index in [-0.39, 0.29) is 5.56 Å². The first-order valence-corrected chi connectivity index (χ1v) is 6.44. The topological polar surface area (TPSA) is 22.0 Å². The first-order chi connectivity index (χ1) is 7.70. The smallest absolute Gasteiger partial charge is 0.254 e. The van der Waals surface area contributed by atoms with Crippen LogP contribution in [0.15, 0.2) is 27.9 Å². The lowest BCUT2D eigenvalue weighted by Gasteiger charge is -2.20. The monoisotopic (exact) mass is 231 g/mol. The maximum atomic E-state index is 12.2. The van der Waals surface area contributed by atoms with Gasteiger partial charge in [-0.05, 0) is 25.5 Å². The number of benzene rings is 1. The van der Waals surface area contributed by atoms with Crippen LogP contribution in [0.4, 0.5) is 0 Å². The molecular weight excluding hydrogens is 218 g/mol. The summed E-state index contributed by atoms with van der Waals surface area (Å²) in [6, 6.07) is 6.30. The highest BCUT2D eigenvalue weighted by atomic mass is 32.2. The number of aromatic nitrogens is 1. The molecule has 16 heavy (non-hydrogen) atoms. The Morgan fingerprint density at radius 1 is 1.25 bits per heavy atom. The number of hydrogen-bond acceptors (Lipinski definition) is 2. The van der Waals surface area contributed by atoms with E-state index in [4.69, 9.17) is 0 Å². The number of thioether (sulfide) groups is 1. The summed E-state index contributed by atoms with van der Waals surface area (Å²) >= 11 is 1.84. The van der Waals surface area contributed by atoms with E-state index < -0.39 is 0 Å². The fourth-order valence-corrected chi connectivity index (χ4v) is 3.37. The third-order valence-corrected chi connectivity index (χ3v) is 4.40. The van der Waals surface area contributed by atoms with Crippen molar-refractivity contribution in [2.24, 2.45) is 0 Å². The van der Waals surface area contributed by atoms with E-state index in [0.29, 0.717) is 0 Å². The molecule has 0 N–H and O–H groups in total. The first kappa shape index (κ1) is 9.97. The van der Waals surface area contributed by atoms with Crippen LogP contribution < -0.4 is 5.56 Å². The summed E-state index contributed by atoms with van der Waals surface area (Å²) in [5.74, 6) is 0.995. The average Bonchev–Trinajstić information content (AvgIpc) is 2.33. The largest absolute Gasteiger partial charge is 0.306 e. The highest BCUT2D eigenvalue weighted by Gasteiger charge is 2.17. The third kappa shape index (κ3) is 1.18. The summed E-state index contributed by atoms with van der Waals surface area (Å²) in [7, 11) is 0. The number of para-hydroxylation sites is 1. The van der Waals surface area contributed by atoms with Crippen LogP contribution in [0, 0.1) is 13.8 Å². The highest BCUT2D eigenvalue weighted by Crippen LogP contribution is 2.32. The summed E-state index contributed by atoms with van der Waals surface area (Å²) in [6.07, 6.45) is 0. The lowest BCUT2D eigenvalue weighted by Crippen LogP contribution is -2.26. The summed E-state index contributed by atoms with van der Waals surface area (Å²) in [6.45, 7) is 4.80. The van der Waals surface area contributed by atoms with Gasteiger partial charge in [-0.1, -0.05) is 12.1 Å². The minimum atomic E-state index is 0.178. The maximum absolute atomic E-state index is 12.2. The SMILES string of the molecule is Cc1c(C)c2cccc3c2n(c1=O)CCS3. The second kappa shape index (κ2) is 3.39. The van der Waals surface area contributed by atoms with E-state index in [1.807, 2.05) is 30.2 Å². The van der Waals surface area contributed by atoms with E-state index in [0.717, 1.165) is 28.9 Å². The number of rotatable bonds is 0. The van der Waals surface area contributed by atoms with Crippen LogP contribution in [0.1, 0.15) is 11.1 Å². The van der Waals surface area contributed by atoms with Crippen LogP contribution in [0.3, 0.4) is 0 Å². The van der Waals surface area contributed by atoms with Crippen molar-refractivity contribution in [3.63, 3.8) is 0 Å². The van der Waals surface area contributed by atoms with Gasteiger partial charge in [-0.25, -0.2) is 0 Å². The Balaban J connectivity index is 2.62. The summed E-state index contributed by atoms with van der Waals surface area (Å²) in [5.41, 5.74) is 3.32. The zero-order chi connectivity index (χ0) is 11.3. The first-order valence-electron chi connectivity index (χ1n) is 5.45. The molecule has 0 bridgehead atoms. The molecule has 3 rings (SSSR count). The number of nitrogens with zero attached hydrogens (tertiary/aromatic N) is 1. The Morgan fingerprint density at radius 2 is 2.06 bits per heavy atom. The average molecular weight is 231 g/mol. The second-order valence-electron chi connectivity index (χ2n) is 4.21. The lowest BCUT2D eigenvalue weighted by molar-refractivity contribution is 0.746. The van der Waals surface area contributed by atoms with Gasteiger partial charge in [0.05, 0.1) is 5.52 Å². The van der Waals surface area contributed by atoms with Crippen molar-refractivity contribution in [3.8, 4) is 0 Å². The molecule has 1 aromatic carbocycles. The fraction of sp³-hybridized carbons (Fsp3) is 0.308. The van der Waals surface area contributed by atoms with Gasteiger partial charge in [0.2, 0.25) is 0 Å². The van der Waals surface area contributed by atoms with Crippen molar-refractivity contribution in [1.82, 2.24) is 4.57 Å². The molecule has 2 heterocycles. The van der Waals surface area contributed by atoms with Crippen LogP contribution in [-0.4, -0.2) is 10.3 Å². The van der Waals surface area contributed by atoms with Crippen LogP contribution in [0.2, 0.25) is 0 Å². The number of pyridine rings is 1. The Hall–Kier alpha value is -1.22. The third-order valence-electron chi connectivity index (χ3n) is 3.37. The van der Waals surface area contributed by atoms with Gasteiger partial charge in [0.25, 0.3) is 5.56 Å². The highest BCUT2D eigenvalue weighted by molar-refractivity contribution is 7.99. The molecule has 0 radical (unpaired) electrons. The summed E-state index contributed by atoms with van der Waals surface area (Å²) < 4.78 is 1.93. The zero-order valence-corrected chi connectivity index (χ0v) is 10.2. The molecule has 2 nitrogen and oxygen atoms in total. The molecule has 0 fully saturated rings. The summed E-state index contributed by atoms with van der Waals surface area (Å²) in [5, 5.41) is 1.22. The standard InChI is InChI=1S/C13H13NOS/c1-8-9(2)13(15)14-6-7-16-11-5-3-4-10(8)12(11)14/h3-5H,6-7H2,1-2H3. The van der Waals surface area contributed by atoms with Gasteiger partial charge in [-0.15, -0.1) is 11.8 Å². The quantitative estimate of drug-likeness (QED) is 0.695. The van der Waals surface area contributed by atoms with Crippen molar-refractivity contribution in [1.29, 1.82) is 0 Å². The Morgan fingerprint density at radius 3 is 2.88 bits per heavy atom. The Bertz CT molecular complexity index is 642. The van der Waals surface area contributed by atoms with E-state index >= 15 is 0 Å². The van der Waals surface area contributed by atoms with Gasteiger partial charge in [-0.2, -0.15) is 0 Å². The molecule has 1 aromatic heterocycles. The minimum Gasteiger partial charge on any atom is -0.306 e. The van der Waals surface area contributed by atoms with Gasteiger partial charge >= 0.3 is 0 Å². The van der Waals surface area contributed by atoms with Crippen LogP contribution in [-0.2, 0) is 6.54 Å². The maximum Gasteiger partial charge on any atom is 0.254 e. The molecule has 0 saturated carbocycles. The summed E-state index contributed by atoms with van der Waals surface area (Å²) in [4.78, 5) is 13.4.